The maximum atomic E-state index is 13.0. The number of aryl methyl sites for hydroxylation is 1. The molecule has 1 saturated carbocycles. The number of urea groups is 1. The van der Waals surface area contributed by atoms with E-state index in [-0.39, 0.29) is 24.4 Å². The van der Waals surface area contributed by atoms with E-state index in [1.807, 2.05) is 18.2 Å². The molecule has 1 aliphatic heterocycles. The lowest BCUT2D eigenvalue weighted by molar-refractivity contribution is -0.136. The van der Waals surface area contributed by atoms with Crippen molar-refractivity contribution in [2.24, 2.45) is 5.92 Å². The maximum absolute atomic E-state index is 13.0. The molecule has 1 aromatic carbocycles. The van der Waals surface area contributed by atoms with Gasteiger partial charge in [0.05, 0.1) is 6.04 Å². The first kappa shape index (κ1) is 19.0. The summed E-state index contributed by atoms with van der Waals surface area (Å²) in [6.45, 7) is 1.96. The molecular weight excluding hydrogens is 354 g/mol. The minimum absolute atomic E-state index is 0.0489. The van der Waals surface area contributed by atoms with Gasteiger partial charge in [0.15, 0.2) is 0 Å². The van der Waals surface area contributed by atoms with Crippen LogP contribution in [0.15, 0.2) is 24.3 Å². The van der Waals surface area contributed by atoms with Crippen LogP contribution in [-0.4, -0.2) is 34.8 Å². The molecule has 0 radical (unpaired) electrons. The zero-order valence-electron chi connectivity index (χ0n) is 16.5. The lowest BCUT2D eigenvalue weighted by atomic mass is 9.75. The van der Waals surface area contributed by atoms with E-state index in [4.69, 9.17) is 0 Å². The number of rotatable bonds is 4. The third kappa shape index (κ3) is 3.40. The topological polar surface area (TPSA) is 78.5 Å². The van der Waals surface area contributed by atoms with Gasteiger partial charge in [-0.1, -0.05) is 37.6 Å². The maximum Gasteiger partial charge on any atom is 0.325 e. The number of imide groups is 1. The summed E-state index contributed by atoms with van der Waals surface area (Å²) in [7, 11) is 0. The van der Waals surface area contributed by atoms with Crippen molar-refractivity contribution in [3.63, 3.8) is 0 Å². The molecule has 1 aromatic rings. The molecule has 6 nitrogen and oxygen atoms in total. The van der Waals surface area contributed by atoms with E-state index in [2.05, 4.69) is 23.6 Å². The molecule has 1 atom stereocenters. The van der Waals surface area contributed by atoms with Crippen molar-refractivity contribution in [1.29, 1.82) is 0 Å². The normalized spacial score (nSPS) is 29.5. The molecular formula is C22H29N3O3. The lowest BCUT2D eigenvalue weighted by Gasteiger charge is -2.34. The summed E-state index contributed by atoms with van der Waals surface area (Å²) in [5, 5.41) is 5.93. The average Bonchev–Trinajstić information content (AvgIpc) is 2.93. The second kappa shape index (κ2) is 7.57. The Kier molecular flexibility index (Phi) is 5.13. The van der Waals surface area contributed by atoms with Crippen LogP contribution in [-0.2, 0) is 16.0 Å². The van der Waals surface area contributed by atoms with Gasteiger partial charge < -0.3 is 10.6 Å². The highest BCUT2D eigenvalue weighted by Gasteiger charge is 2.52. The molecule has 3 aliphatic rings. The van der Waals surface area contributed by atoms with E-state index in [0.29, 0.717) is 18.8 Å². The summed E-state index contributed by atoms with van der Waals surface area (Å²) in [4.78, 5) is 39.2. The Hall–Kier alpha value is -2.37. The van der Waals surface area contributed by atoms with E-state index in [1.54, 1.807) is 0 Å². The first-order valence-corrected chi connectivity index (χ1v) is 10.5. The van der Waals surface area contributed by atoms with Crippen LogP contribution in [0.4, 0.5) is 4.79 Å². The van der Waals surface area contributed by atoms with Gasteiger partial charge in [-0.15, -0.1) is 0 Å². The van der Waals surface area contributed by atoms with Crippen LogP contribution in [0.25, 0.3) is 0 Å². The van der Waals surface area contributed by atoms with E-state index in [9.17, 15) is 14.4 Å². The van der Waals surface area contributed by atoms with Gasteiger partial charge in [0, 0.05) is 0 Å². The van der Waals surface area contributed by atoms with Gasteiger partial charge in [-0.05, 0) is 62.0 Å². The Morgan fingerprint density at radius 1 is 1.21 bits per heavy atom. The zero-order valence-corrected chi connectivity index (χ0v) is 16.5. The number of carbonyl (C=O) groups excluding carboxylic acids is 3. The fourth-order valence-electron chi connectivity index (χ4n) is 5.02. The molecule has 1 saturated heterocycles. The molecule has 4 rings (SSSR count). The summed E-state index contributed by atoms with van der Waals surface area (Å²) in [6.07, 6.45) is 7.26. The highest BCUT2D eigenvalue weighted by Crippen LogP contribution is 2.37. The summed E-state index contributed by atoms with van der Waals surface area (Å²) in [5.41, 5.74) is 1.62. The van der Waals surface area contributed by atoms with Crippen molar-refractivity contribution >= 4 is 17.8 Å². The Labute approximate surface area is 166 Å². The van der Waals surface area contributed by atoms with Crippen LogP contribution in [0.1, 0.15) is 69.0 Å². The number of nitrogens with zero attached hydrogens (tertiary/aromatic N) is 1. The highest BCUT2D eigenvalue weighted by atomic mass is 16.2. The fraction of sp³-hybridized carbons (Fsp3) is 0.591. The smallest absolute Gasteiger partial charge is 0.325 e. The number of nitrogens with one attached hydrogen (secondary N) is 2. The molecule has 2 aliphatic carbocycles. The predicted molar refractivity (Wildman–Crippen MR) is 105 cm³/mol. The molecule has 1 spiro atoms. The molecule has 0 unspecified atom stereocenters. The molecule has 2 N–H and O–H groups in total. The Bertz CT molecular complexity index is 783. The largest absolute Gasteiger partial charge is 0.348 e. The molecule has 2 fully saturated rings. The molecule has 28 heavy (non-hydrogen) atoms. The van der Waals surface area contributed by atoms with Crippen molar-refractivity contribution in [2.75, 3.05) is 6.54 Å². The monoisotopic (exact) mass is 383 g/mol. The molecule has 0 bridgehead atoms. The SMILES string of the molecule is CCC1CCC2(CC1)NC(=O)N(CC(=O)N[C@@H]1CCCc3ccccc31)C2=O. The van der Waals surface area contributed by atoms with Gasteiger partial charge in [-0.2, -0.15) is 0 Å². The second-order valence-corrected chi connectivity index (χ2v) is 8.47. The van der Waals surface area contributed by atoms with Crippen LogP contribution >= 0.6 is 0 Å². The average molecular weight is 383 g/mol. The van der Waals surface area contributed by atoms with Crippen LogP contribution in [0.3, 0.4) is 0 Å². The molecule has 150 valence electrons. The Balaban J connectivity index is 1.40. The van der Waals surface area contributed by atoms with Crippen molar-refractivity contribution in [1.82, 2.24) is 15.5 Å². The second-order valence-electron chi connectivity index (χ2n) is 8.47. The highest BCUT2D eigenvalue weighted by molar-refractivity contribution is 6.09. The standard InChI is InChI=1S/C22H29N3O3/c1-2-15-10-12-22(13-11-15)20(27)25(21(28)24-22)14-19(26)23-18-9-5-7-16-6-3-4-8-17(16)18/h3-4,6,8,15,18H,2,5,7,9-14H2,1H3,(H,23,26)(H,24,28)/t15?,18-,22?/m1/s1. The van der Waals surface area contributed by atoms with Crippen LogP contribution in [0.5, 0.6) is 0 Å². The van der Waals surface area contributed by atoms with Gasteiger partial charge in [0.25, 0.3) is 5.91 Å². The minimum Gasteiger partial charge on any atom is -0.348 e. The van der Waals surface area contributed by atoms with Crippen molar-refractivity contribution in [3.8, 4) is 0 Å². The minimum atomic E-state index is -0.791. The summed E-state index contributed by atoms with van der Waals surface area (Å²) in [6, 6.07) is 7.67. The number of fused-ring (bicyclic) bond motifs is 1. The van der Waals surface area contributed by atoms with Crippen LogP contribution in [0, 0.1) is 5.92 Å². The van der Waals surface area contributed by atoms with Gasteiger partial charge >= 0.3 is 6.03 Å². The number of carbonyl (C=O) groups is 3. The van der Waals surface area contributed by atoms with Crippen molar-refractivity contribution in [2.45, 2.75) is 69.9 Å². The number of benzene rings is 1. The number of hydrogen-bond donors (Lipinski definition) is 2. The van der Waals surface area contributed by atoms with Gasteiger partial charge in [0.2, 0.25) is 5.91 Å². The number of amides is 4. The van der Waals surface area contributed by atoms with Crippen molar-refractivity contribution in [3.05, 3.63) is 35.4 Å². The van der Waals surface area contributed by atoms with Gasteiger partial charge in [-0.3, -0.25) is 14.5 Å². The van der Waals surface area contributed by atoms with Crippen molar-refractivity contribution < 1.29 is 14.4 Å². The predicted octanol–water partition coefficient (Wildman–Crippen LogP) is 3.07. The molecule has 0 aromatic heterocycles. The Morgan fingerprint density at radius 3 is 2.71 bits per heavy atom. The van der Waals surface area contributed by atoms with Crippen LogP contribution in [0.2, 0.25) is 0 Å². The molecule has 4 amide bonds. The molecule has 1 heterocycles. The van der Waals surface area contributed by atoms with E-state index >= 15 is 0 Å². The fourth-order valence-corrected chi connectivity index (χ4v) is 5.02. The zero-order chi connectivity index (χ0) is 19.7. The summed E-state index contributed by atoms with van der Waals surface area (Å²) >= 11 is 0. The Morgan fingerprint density at radius 2 is 1.96 bits per heavy atom. The summed E-state index contributed by atoms with van der Waals surface area (Å²) < 4.78 is 0. The van der Waals surface area contributed by atoms with E-state index < -0.39 is 11.6 Å². The van der Waals surface area contributed by atoms with E-state index in [0.717, 1.165) is 49.0 Å². The third-order valence-corrected chi connectivity index (χ3v) is 6.79. The van der Waals surface area contributed by atoms with Gasteiger partial charge in [0.1, 0.15) is 12.1 Å². The quantitative estimate of drug-likeness (QED) is 0.785. The van der Waals surface area contributed by atoms with Gasteiger partial charge in [-0.25, -0.2) is 4.79 Å². The lowest BCUT2D eigenvalue weighted by Crippen LogP contribution is -2.50. The molecule has 6 heteroatoms. The first-order chi connectivity index (χ1) is 13.5. The first-order valence-electron chi connectivity index (χ1n) is 10.5. The third-order valence-electron chi connectivity index (χ3n) is 6.79. The van der Waals surface area contributed by atoms with E-state index in [1.165, 1.54) is 5.56 Å². The van der Waals surface area contributed by atoms with Crippen LogP contribution < -0.4 is 10.6 Å². The summed E-state index contributed by atoms with van der Waals surface area (Å²) in [5.74, 6) is 0.120. The number of hydrogen-bond acceptors (Lipinski definition) is 3.